The van der Waals surface area contributed by atoms with Crippen LogP contribution in [0.3, 0.4) is 0 Å². The largest absolute Gasteiger partial charge is 0.488 e. The molecule has 1 atom stereocenters. The van der Waals surface area contributed by atoms with Crippen LogP contribution < -0.4 is 14.2 Å². The molecule has 0 amide bonds. The Kier molecular flexibility index (Phi) is 5.89. The lowest BCUT2D eigenvalue weighted by molar-refractivity contribution is -0.00690. The van der Waals surface area contributed by atoms with Crippen molar-refractivity contribution in [1.82, 2.24) is 0 Å². The molecule has 0 fully saturated rings. The summed E-state index contributed by atoms with van der Waals surface area (Å²) < 4.78 is 18.3. The Morgan fingerprint density at radius 3 is 2.60 bits per heavy atom. The molecule has 0 saturated carbocycles. The Morgan fingerprint density at radius 2 is 1.83 bits per heavy atom. The Bertz CT molecular complexity index is 1290. The van der Waals surface area contributed by atoms with Gasteiger partial charge in [-0.3, -0.25) is 4.79 Å². The highest BCUT2D eigenvalue weighted by Crippen LogP contribution is 2.45. The summed E-state index contributed by atoms with van der Waals surface area (Å²) in [5.74, 6) is 1.18. The summed E-state index contributed by atoms with van der Waals surface area (Å²) in [7, 11) is 0. The monoisotopic (exact) mass is 470 g/mol. The van der Waals surface area contributed by atoms with Crippen LogP contribution >= 0.6 is 0 Å². The van der Waals surface area contributed by atoms with Crippen LogP contribution in [0.15, 0.2) is 66.7 Å². The zero-order valence-electron chi connectivity index (χ0n) is 20.3. The van der Waals surface area contributed by atoms with Crippen molar-refractivity contribution in [3.8, 4) is 17.2 Å². The van der Waals surface area contributed by atoms with E-state index in [9.17, 15) is 9.90 Å². The van der Waals surface area contributed by atoms with Crippen molar-refractivity contribution < 1.29 is 24.1 Å². The van der Waals surface area contributed by atoms with Crippen molar-refractivity contribution in [1.29, 1.82) is 0 Å². The number of aliphatic hydroxyl groups is 1. The first-order valence-electron chi connectivity index (χ1n) is 12.1. The maximum atomic E-state index is 13.7. The van der Waals surface area contributed by atoms with Crippen molar-refractivity contribution in [2.45, 2.75) is 51.4 Å². The Balaban J connectivity index is 1.52. The number of Topliss-reactive ketones (excluding diaryl/α,β-unsaturated/α-hetero) is 1. The highest BCUT2D eigenvalue weighted by molar-refractivity contribution is 6.07. The van der Waals surface area contributed by atoms with Gasteiger partial charge in [0.15, 0.2) is 5.60 Å². The van der Waals surface area contributed by atoms with E-state index in [0.717, 1.165) is 29.5 Å². The van der Waals surface area contributed by atoms with Crippen LogP contribution in [-0.4, -0.2) is 23.1 Å². The molecular formula is C30H30O5. The third-order valence-corrected chi connectivity index (χ3v) is 6.49. The van der Waals surface area contributed by atoms with E-state index in [1.807, 2.05) is 68.5 Å². The van der Waals surface area contributed by atoms with Crippen LogP contribution in [0.5, 0.6) is 17.2 Å². The van der Waals surface area contributed by atoms with Gasteiger partial charge in [0, 0.05) is 5.56 Å². The molecule has 3 aromatic carbocycles. The van der Waals surface area contributed by atoms with Crippen molar-refractivity contribution in [2.75, 3.05) is 6.61 Å². The van der Waals surface area contributed by atoms with E-state index in [4.69, 9.17) is 14.2 Å². The van der Waals surface area contributed by atoms with E-state index < -0.39 is 17.0 Å². The molecule has 2 aliphatic heterocycles. The second-order valence-electron chi connectivity index (χ2n) is 9.73. The van der Waals surface area contributed by atoms with Gasteiger partial charge in [0.25, 0.3) is 0 Å². The quantitative estimate of drug-likeness (QED) is 0.488. The molecule has 2 aliphatic rings. The molecule has 5 heteroatoms. The lowest BCUT2D eigenvalue weighted by Gasteiger charge is -2.36. The molecule has 2 heterocycles. The fraction of sp³-hybridized carbons (Fsp3) is 0.300. The lowest BCUT2D eigenvalue weighted by Crippen LogP contribution is -2.45. The molecule has 3 aromatic rings. The Morgan fingerprint density at radius 1 is 1.03 bits per heavy atom. The van der Waals surface area contributed by atoms with Gasteiger partial charge in [-0.15, -0.1) is 0 Å². The molecule has 5 rings (SSSR count). The van der Waals surface area contributed by atoms with Gasteiger partial charge >= 0.3 is 0 Å². The van der Waals surface area contributed by atoms with Crippen molar-refractivity contribution in [3.05, 3.63) is 94.6 Å². The van der Waals surface area contributed by atoms with E-state index in [1.54, 1.807) is 18.2 Å². The molecule has 0 aromatic heterocycles. The van der Waals surface area contributed by atoms with Gasteiger partial charge in [-0.05, 0) is 61.7 Å². The van der Waals surface area contributed by atoms with Crippen molar-refractivity contribution in [2.24, 2.45) is 0 Å². The second-order valence-corrected chi connectivity index (χ2v) is 9.73. The highest BCUT2D eigenvalue weighted by Gasteiger charge is 2.47. The highest BCUT2D eigenvalue weighted by atomic mass is 16.5. The molecule has 5 nitrogen and oxygen atoms in total. The fourth-order valence-corrected chi connectivity index (χ4v) is 4.64. The molecule has 1 N–H and O–H groups in total. The number of carbonyl (C=O) groups excluding carboxylic acids is 1. The van der Waals surface area contributed by atoms with Crippen LogP contribution in [0.4, 0.5) is 0 Å². The summed E-state index contributed by atoms with van der Waals surface area (Å²) in [5.41, 5.74) is 1.25. The molecule has 0 saturated heterocycles. The number of fused-ring (bicyclic) bond motifs is 3. The summed E-state index contributed by atoms with van der Waals surface area (Å²) >= 11 is 0. The zero-order chi connectivity index (χ0) is 24.6. The minimum atomic E-state index is -1.86. The van der Waals surface area contributed by atoms with Crippen molar-refractivity contribution >= 4 is 11.9 Å². The first-order valence-corrected chi connectivity index (χ1v) is 12.1. The summed E-state index contributed by atoms with van der Waals surface area (Å²) in [6.45, 7) is 6.17. The fourth-order valence-electron chi connectivity index (χ4n) is 4.64. The number of benzene rings is 3. The van der Waals surface area contributed by atoms with E-state index in [2.05, 4.69) is 6.92 Å². The van der Waals surface area contributed by atoms with Crippen LogP contribution in [0.25, 0.3) is 6.08 Å². The summed E-state index contributed by atoms with van der Waals surface area (Å²) in [5, 5.41) is 11.7. The number of hydrogen-bond acceptors (Lipinski definition) is 5. The molecule has 180 valence electrons. The predicted octanol–water partition coefficient (Wildman–Crippen LogP) is 5.87. The second kappa shape index (κ2) is 8.90. The summed E-state index contributed by atoms with van der Waals surface area (Å²) in [6.07, 6.45) is 5.71. The first-order chi connectivity index (χ1) is 16.8. The Labute approximate surface area is 206 Å². The minimum absolute atomic E-state index is 0.207. The number of aryl methyl sites for hydroxylation is 1. The van der Waals surface area contributed by atoms with Crippen molar-refractivity contribution in [3.63, 3.8) is 0 Å². The number of hydrogen-bond donors (Lipinski definition) is 1. The smallest absolute Gasteiger partial charge is 0.206 e. The molecular weight excluding hydrogens is 440 g/mol. The van der Waals surface area contributed by atoms with Gasteiger partial charge < -0.3 is 19.3 Å². The Hall–Kier alpha value is -3.57. The van der Waals surface area contributed by atoms with Crippen LogP contribution in [-0.2, 0) is 18.6 Å². The number of ketones is 1. The summed E-state index contributed by atoms with van der Waals surface area (Å²) in [4.78, 5) is 13.7. The van der Waals surface area contributed by atoms with Crippen LogP contribution in [0.2, 0.25) is 0 Å². The van der Waals surface area contributed by atoms with Gasteiger partial charge in [-0.2, -0.15) is 0 Å². The molecule has 35 heavy (non-hydrogen) atoms. The van der Waals surface area contributed by atoms with E-state index in [1.165, 1.54) is 0 Å². The molecule has 1 unspecified atom stereocenters. The number of carbonyl (C=O) groups is 1. The minimum Gasteiger partial charge on any atom is -0.488 e. The third kappa shape index (κ3) is 4.32. The van der Waals surface area contributed by atoms with E-state index >= 15 is 0 Å². The van der Waals surface area contributed by atoms with Crippen LogP contribution in [0.1, 0.15) is 59.8 Å². The zero-order valence-corrected chi connectivity index (χ0v) is 20.3. The topological polar surface area (TPSA) is 65.0 Å². The van der Waals surface area contributed by atoms with Crippen LogP contribution in [0, 0.1) is 0 Å². The van der Waals surface area contributed by atoms with Gasteiger partial charge in [0.05, 0.1) is 11.1 Å². The average Bonchev–Trinajstić information content (AvgIpc) is 2.85. The van der Waals surface area contributed by atoms with E-state index in [-0.39, 0.29) is 6.61 Å². The normalized spacial score (nSPS) is 19.8. The molecule has 0 aliphatic carbocycles. The maximum absolute atomic E-state index is 13.7. The molecule has 0 bridgehead atoms. The van der Waals surface area contributed by atoms with Gasteiger partial charge in [-0.25, -0.2) is 0 Å². The number of rotatable bonds is 6. The van der Waals surface area contributed by atoms with Gasteiger partial charge in [0.1, 0.15) is 36.1 Å². The maximum Gasteiger partial charge on any atom is 0.206 e. The standard InChI is InChI=1S/C30H30O5/c1-4-8-20-11-13-24(26(17-20)33-18-21-9-6-5-7-10-21)30(32)19-34-27-22-15-16-29(2,3)35-25(22)14-12-23(27)28(30)31/h5-7,9-17,32H,4,8,18-19H2,1-3H3. The van der Waals surface area contributed by atoms with Gasteiger partial charge in [-0.1, -0.05) is 55.8 Å². The average molecular weight is 471 g/mol. The SMILES string of the molecule is CCCc1ccc(C2(O)COc3c(ccc4c3C=CC(C)(C)O4)C2=O)c(OCc2ccccc2)c1. The summed E-state index contributed by atoms with van der Waals surface area (Å²) in [6, 6.07) is 18.9. The van der Waals surface area contributed by atoms with Gasteiger partial charge in [0.2, 0.25) is 5.78 Å². The molecule has 0 spiro atoms. The lowest BCUT2D eigenvalue weighted by atomic mass is 9.82. The first kappa shape index (κ1) is 23.2. The van der Waals surface area contributed by atoms with E-state index in [0.29, 0.717) is 35.0 Å². The molecule has 0 radical (unpaired) electrons. The predicted molar refractivity (Wildman–Crippen MR) is 135 cm³/mol. The number of ether oxygens (including phenoxy) is 3. The third-order valence-electron chi connectivity index (χ3n) is 6.49.